The highest BCUT2D eigenvalue weighted by atomic mass is 19.1. The van der Waals surface area contributed by atoms with Crippen LogP contribution in [0.15, 0.2) is 24.3 Å². The van der Waals surface area contributed by atoms with Crippen molar-refractivity contribution < 1.29 is 4.39 Å². The summed E-state index contributed by atoms with van der Waals surface area (Å²) in [5, 5.41) is 3.77. The molecule has 1 atom stereocenters. The van der Waals surface area contributed by atoms with Crippen LogP contribution < -0.4 is 5.32 Å². The van der Waals surface area contributed by atoms with Gasteiger partial charge >= 0.3 is 0 Å². The number of nitrogens with one attached hydrogen (secondary N) is 1. The second-order valence-corrected chi connectivity index (χ2v) is 7.34. The third-order valence-corrected chi connectivity index (χ3v) is 5.07. The zero-order valence-corrected chi connectivity index (χ0v) is 12.7. The molecule has 1 heterocycles. The van der Waals surface area contributed by atoms with Gasteiger partial charge in [0.15, 0.2) is 0 Å². The van der Waals surface area contributed by atoms with Crippen LogP contribution in [0.1, 0.15) is 39.2 Å². The fraction of sp³-hybridized carbons (Fsp3) is 0.647. The lowest BCUT2D eigenvalue weighted by Crippen LogP contribution is -2.67. The Morgan fingerprint density at radius 2 is 1.85 bits per heavy atom. The third kappa shape index (κ3) is 2.75. The summed E-state index contributed by atoms with van der Waals surface area (Å²) in [5.74, 6) is 0.672. The lowest BCUT2D eigenvalue weighted by atomic mass is 9.86. The minimum absolute atomic E-state index is 0.142. The molecular weight excluding hydrogens is 251 g/mol. The van der Waals surface area contributed by atoms with Crippen LogP contribution in [0.3, 0.4) is 0 Å². The number of piperazine rings is 1. The van der Waals surface area contributed by atoms with Gasteiger partial charge in [-0.25, -0.2) is 4.39 Å². The molecule has 3 heteroatoms. The van der Waals surface area contributed by atoms with Gasteiger partial charge < -0.3 is 5.32 Å². The minimum Gasteiger partial charge on any atom is -0.308 e. The van der Waals surface area contributed by atoms with Crippen LogP contribution in [-0.4, -0.2) is 29.1 Å². The maximum atomic E-state index is 13.0. The van der Waals surface area contributed by atoms with Crippen LogP contribution in [-0.2, 0) is 6.54 Å². The molecule has 2 fully saturated rings. The fourth-order valence-corrected chi connectivity index (χ4v) is 3.27. The van der Waals surface area contributed by atoms with E-state index in [1.807, 2.05) is 12.1 Å². The molecular formula is C17H25FN2. The van der Waals surface area contributed by atoms with Crippen LogP contribution in [0.2, 0.25) is 0 Å². The number of hydrogen-bond donors (Lipinski definition) is 1. The smallest absolute Gasteiger partial charge is 0.123 e. The highest BCUT2D eigenvalue weighted by Gasteiger charge is 2.47. The van der Waals surface area contributed by atoms with Gasteiger partial charge in [-0.1, -0.05) is 12.1 Å². The third-order valence-electron chi connectivity index (χ3n) is 5.07. The minimum atomic E-state index is -0.156. The van der Waals surface area contributed by atoms with Gasteiger partial charge in [0.05, 0.1) is 0 Å². The molecule has 3 rings (SSSR count). The molecule has 0 amide bonds. The summed E-state index contributed by atoms with van der Waals surface area (Å²) in [7, 11) is 0. The molecule has 1 aliphatic carbocycles. The van der Waals surface area contributed by atoms with E-state index in [9.17, 15) is 4.39 Å². The van der Waals surface area contributed by atoms with Crippen LogP contribution in [0.4, 0.5) is 4.39 Å². The van der Waals surface area contributed by atoms with Gasteiger partial charge in [-0.3, -0.25) is 4.90 Å². The molecule has 1 saturated heterocycles. The molecule has 2 aliphatic rings. The Labute approximate surface area is 121 Å². The maximum absolute atomic E-state index is 13.0. The first-order chi connectivity index (χ1) is 9.39. The molecule has 0 bridgehead atoms. The Morgan fingerprint density at radius 1 is 1.20 bits per heavy atom. The first kappa shape index (κ1) is 14.0. The topological polar surface area (TPSA) is 15.3 Å². The second kappa shape index (κ2) is 4.81. The standard InChI is InChI=1S/C17H25FN2/c1-16(2)11-19-17(3,14-6-7-14)12-20(16)10-13-4-8-15(18)9-5-13/h4-5,8-9,14,19H,6-7,10-12H2,1-3H3. The van der Waals surface area contributed by atoms with E-state index in [0.717, 1.165) is 25.6 Å². The molecule has 0 spiro atoms. The predicted molar refractivity (Wildman–Crippen MR) is 80.0 cm³/mol. The van der Waals surface area contributed by atoms with Crippen molar-refractivity contribution in [2.45, 2.75) is 51.2 Å². The van der Waals surface area contributed by atoms with E-state index in [-0.39, 0.29) is 16.9 Å². The van der Waals surface area contributed by atoms with Crippen molar-refractivity contribution in [3.8, 4) is 0 Å². The molecule has 20 heavy (non-hydrogen) atoms. The van der Waals surface area contributed by atoms with Gasteiger partial charge in [0, 0.05) is 30.7 Å². The number of hydrogen-bond acceptors (Lipinski definition) is 2. The Bertz CT molecular complexity index is 478. The Morgan fingerprint density at radius 3 is 2.45 bits per heavy atom. The van der Waals surface area contributed by atoms with Gasteiger partial charge in [-0.15, -0.1) is 0 Å². The summed E-state index contributed by atoms with van der Waals surface area (Å²) in [4.78, 5) is 2.55. The second-order valence-electron chi connectivity index (χ2n) is 7.34. The fourth-order valence-electron chi connectivity index (χ4n) is 3.27. The van der Waals surface area contributed by atoms with Crippen LogP contribution in [0, 0.1) is 11.7 Å². The van der Waals surface area contributed by atoms with Crippen LogP contribution in [0.25, 0.3) is 0 Å². The normalized spacial score (nSPS) is 30.4. The number of benzene rings is 1. The van der Waals surface area contributed by atoms with Crippen molar-refractivity contribution in [1.82, 2.24) is 10.2 Å². The van der Waals surface area contributed by atoms with Crippen molar-refractivity contribution in [1.29, 1.82) is 0 Å². The molecule has 1 aromatic carbocycles. The van der Waals surface area contributed by atoms with Crippen molar-refractivity contribution in [3.05, 3.63) is 35.6 Å². The molecule has 1 saturated carbocycles. The summed E-state index contributed by atoms with van der Waals surface area (Å²) in [5.41, 5.74) is 1.58. The molecule has 110 valence electrons. The largest absolute Gasteiger partial charge is 0.308 e. The van der Waals surface area contributed by atoms with E-state index in [0.29, 0.717) is 0 Å². The van der Waals surface area contributed by atoms with E-state index in [2.05, 4.69) is 31.0 Å². The average Bonchev–Trinajstić information content (AvgIpc) is 3.22. The summed E-state index contributed by atoms with van der Waals surface area (Å²) in [6.07, 6.45) is 2.71. The lowest BCUT2D eigenvalue weighted by molar-refractivity contribution is 0.0178. The Kier molecular flexibility index (Phi) is 3.38. The summed E-state index contributed by atoms with van der Waals surface area (Å²) in [6, 6.07) is 6.93. The summed E-state index contributed by atoms with van der Waals surface area (Å²) >= 11 is 0. The van der Waals surface area contributed by atoms with Gasteiger partial charge in [-0.2, -0.15) is 0 Å². The van der Waals surface area contributed by atoms with E-state index < -0.39 is 0 Å². The van der Waals surface area contributed by atoms with Crippen LogP contribution >= 0.6 is 0 Å². The van der Waals surface area contributed by atoms with Gasteiger partial charge in [0.1, 0.15) is 5.82 Å². The molecule has 1 unspecified atom stereocenters. The van der Waals surface area contributed by atoms with Crippen molar-refractivity contribution in [2.75, 3.05) is 13.1 Å². The number of halogens is 1. The Hall–Kier alpha value is -0.930. The maximum Gasteiger partial charge on any atom is 0.123 e. The summed E-state index contributed by atoms with van der Waals surface area (Å²) in [6.45, 7) is 9.92. The van der Waals surface area contributed by atoms with Crippen LogP contribution in [0.5, 0.6) is 0 Å². The van der Waals surface area contributed by atoms with Crippen molar-refractivity contribution in [2.24, 2.45) is 5.92 Å². The monoisotopic (exact) mass is 276 g/mol. The van der Waals surface area contributed by atoms with Gasteiger partial charge in [-0.05, 0) is 57.2 Å². The van der Waals surface area contributed by atoms with E-state index in [4.69, 9.17) is 0 Å². The van der Waals surface area contributed by atoms with Gasteiger partial charge in [0.25, 0.3) is 0 Å². The van der Waals surface area contributed by atoms with Gasteiger partial charge in [0.2, 0.25) is 0 Å². The molecule has 2 nitrogen and oxygen atoms in total. The SMILES string of the molecule is CC1(C2CC2)CN(Cc2ccc(F)cc2)C(C)(C)CN1. The lowest BCUT2D eigenvalue weighted by Gasteiger charge is -2.51. The summed E-state index contributed by atoms with van der Waals surface area (Å²) < 4.78 is 13.0. The number of rotatable bonds is 3. The highest BCUT2D eigenvalue weighted by molar-refractivity contribution is 5.17. The zero-order chi connectivity index (χ0) is 14.4. The average molecular weight is 276 g/mol. The quantitative estimate of drug-likeness (QED) is 0.912. The molecule has 1 aliphatic heterocycles. The molecule has 1 N–H and O–H groups in total. The number of nitrogens with zero attached hydrogens (tertiary/aromatic N) is 1. The van der Waals surface area contributed by atoms with E-state index >= 15 is 0 Å². The van der Waals surface area contributed by atoms with Crippen molar-refractivity contribution in [3.63, 3.8) is 0 Å². The van der Waals surface area contributed by atoms with E-state index in [1.54, 1.807) is 12.1 Å². The molecule has 0 aromatic heterocycles. The first-order valence-corrected chi connectivity index (χ1v) is 7.64. The molecule has 0 radical (unpaired) electrons. The Balaban J connectivity index is 1.75. The highest BCUT2D eigenvalue weighted by Crippen LogP contribution is 2.42. The first-order valence-electron chi connectivity index (χ1n) is 7.64. The molecule has 1 aromatic rings. The predicted octanol–water partition coefficient (Wildman–Crippen LogP) is 3.18. The van der Waals surface area contributed by atoms with E-state index in [1.165, 1.54) is 18.4 Å². The van der Waals surface area contributed by atoms with Crippen molar-refractivity contribution >= 4 is 0 Å². The zero-order valence-electron chi connectivity index (χ0n) is 12.7.